The van der Waals surface area contributed by atoms with Gasteiger partial charge in [0, 0.05) is 6.42 Å². The molecule has 0 aliphatic carbocycles. The van der Waals surface area contributed by atoms with Gasteiger partial charge in [-0.15, -0.1) is 0 Å². The molecular weight excluding hydrogens is 424 g/mol. The van der Waals surface area contributed by atoms with Crippen LogP contribution in [0.2, 0.25) is 0 Å². The van der Waals surface area contributed by atoms with Gasteiger partial charge in [0.15, 0.2) is 0 Å². The number of hydrogen-bond donors (Lipinski definition) is 0. The molecule has 1 aromatic rings. The van der Waals surface area contributed by atoms with E-state index in [0.717, 1.165) is 6.54 Å². The van der Waals surface area contributed by atoms with Crippen molar-refractivity contribution in [1.29, 1.82) is 0 Å². The Kier molecular flexibility index (Phi) is 22.9. The molecule has 1 aromatic heterocycles. The van der Waals surface area contributed by atoms with Crippen molar-refractivity contribution in [2.24, 2.45) is 0 Å². The molecule has 0 saturated heterocycles. The first-order valence-electron chi connectivity index (χ1n) is 16.4. The fourth-order valence-electron chi connectivity index (χ4n) is 5.52. The maximum atomic E-state index is 2.57. The maximum Gasteiger partial charge on any atom is 0.256 e. The molecule has 0 bridgehead atoms. The molecule has 0 radical (unpaired) electrons. The van der Waals surface area contributed by atoms with Gasteiger partial charge in [0.1, 0.15) is 12.4 Å². The van der Waals surface area contributed by atoms with Gasteiger partial charge in [-0.1, -0.05) is 149 Å². The van der Waals surface area contributed by atoms with Gasteiger partial charge in [-0.25, -0.2) is 9.13 Å². The number of nitrogens with zero attached hydrogens (tertiary/aromatic N) is 2. The lowest BCUT2D eigenvalue weighted by atomic mass is 10.0. The summed E-state index contributed by atoms with van der Waals surface area (Å²) in [4.78, 5) is 0. The van der Waals surface area contributed by atoms with Gasteiger partial charge in [-0.2, -0.15) is 0 Å². The van der Waals surface area contributed by atoms with Crippen LogP contribution in [0.5, 0.6) is 0 Å². The quantitative estimate of drug-likeness (QED) is 0.0858. The Morgan fingerprint density at radius 1 is 0.486 bits per heavy atom. The molecule has 0 N–H and O–H groups in total. The van der Waals surface area contributed by atoms with E-state index in [1.165, 1.54) is 167 Å². The van der Waals surface area contributed by atoms with Crippen molar-refractivity contribution in [2.45, 2.75) is 194 Å². The molecule has 0 unspecified atom stereocenters. The SMILES string of the molecule is CCCCCCCCCCCCCCCCc1n(CC)cc[n+]1CCCCCCCCCCCC. The minimum absolute atomic E-state index is 1.11. The summed E-state index contributed by atoms with van der Waals surface area (Å²) in [7, 11) is 0. The van der Waals surface area contributed by atoms with Gasteiger partial charge < -0.3 is 0 Å². The molecule has 0 amide bonds. The van der Waals surface area contributed by atoms with Crippen LogP contribution >= 0.6 is 0 Å². The van der Waals surface area contributed by atoms with Gasteiger partial charge >= 0.3 is 0 Å². The zero-order valence-electron chi connectivity index (χ0n) is 24.6. The molecule has 0 aliphatic heterocycles. The van der Waals surface area contributed by atoms with Crippen LogP contribution in [0.4, 0.5) is 0 Å². The molecule has 0 atom stereocenters. The monoisotopic (exact) mass is 490 g/mol. The molecular formula is C33H65N2+. The molecule has 0 fully saturated rings. The first kappa shape index (κ1) is 32.2. The minimum Gasteiger partial charge on any atom is -0.235 e. The Balaban J connectivity index is 2.03. The zero-order valence-corrected chi connectivity index (χ0v) is 24.6. The number of aromatic nitrogens is 2. The van der Waals surface area contributed by atoms with Crippen molar-refractivity contribution >= 4 is 0 Å². The van der Waals surface area contributed by atoms with Crippen molar-refractivity contribution in [3.05, 3.63) is 18.2 Å². The molecule has 0 spiro atoms. The average Bonchev–Trinajstić information content (AvgIpc) is 3.27. The second-order valence-electron chi connectivity index (χ2n) is 11.2. The number of hydrogen-bond acceptors (Lipinski definition) is 0. The van der Waals surface area contributed by atoms with Crippen LogP contribution < -0.4 is 4.57 Å². The summed E-state index contributed by atoms with van der Waals surface area (Å²) in [5.41, 5.74) is 0. The molecule has 1 rings (SSSR count). The number of rotatable bonds is 27. The third kappa shape index (κ3) is 18.2. The van der Waals surface area contributed by atoms with Gasteiger partial charge in [0.25, 0.3) is 5.82 Å². The molecule has 2 nitrogen and oxygen atoms in total. The smallest absolute Gasteiger partial charge is 0.235 e. The maximum absolute atomic E-state index is 2.57. The summed E-state index contributed by atoms with van der Waals surface area (Å²) in [5.74, 6) is 1.57. The summed E-state index contributed by atoms with van der Waals surface area (Å²) in [6.07, 6.45) is 40.3. The lowest BCUT2D eigenvalue weighted by molar-refractivity contribution is -0.704. The second kappa shape index (κ2) is 24.9. The summed E-state index contributed by atoms with van der Waals surface area (Å²) < 4.78 is 5.05. The van der Waals surface area contributed by atoms with E-state index >= 15 is 0 Å². The second-order valence-corrected chi connectivity index (χ2v) is 11.2. The van der Waals surface area contributed by atoms with Crippen molar-refractivity contribution < 1.29 is 4.57 Å². The van der Waals surface area contributed by atoms with Crippen molar-refractivity contribution in [1.82, 2.24) is 4.57 Å². The van der Waals surface area contributed by atoms with E-state index in [9.17, 15) is 0 Å². The standard InChI is InChI=1S/C33H65N2/c1-4-7-9-11-13-15-17-18-19-20-21-23-25-27-29-33-34(6-3)31-32-35(33)30-28-26-24-22-16-14-12-10-8-5-2/h31-32H,4-30H2,1-3H3/q+1. The normalized spacial score (nSPS) is 11.5. The number of aryl methyl sites for hydroxylation is 2. The van der Waals surface area contributed by atoms with Crippen LogP contribution in [0.1, 0.15) is 181 Å². The van der Waals surface area contributed by atoms with Crippen LogP contribution in [0, 0.1) is 0 Å². The van der Waals surface area contributed by atoms with Crippen LogP contribution in [0.3, 0.4) is 0 Å². The molecule has 35 heavy (non-hydrogen) atoms. The van der Waals surface area contributed by atoms with Crippen LogP contribution in [0.15, 0.2) is 12.4 Å². The number of unbranched alkanes of at least 4 members (excludes halogenated alkanes) is 22. The highest BCUT2D eigenvalue weighted by molar-refractivity contribution is 4.83. The first-order chi connectivity index (χ1) is 17.3. The predicted molar refractivity (Wildman–Crippen MR) is 156 cm³/mol. The fraction of sp³-hybridized carbons (Fsp3) is 0.909. The van der Waals surface area contributed by atoms with E-state index in [-0.39, 0.29) is 0 Å². The summed E-state index contributed by atoms with van der Waals surface area (Å²) >= 11 is 0. The molecule has 206 valence electrons. The lowest BCUT2D eigenvalue weighted by Gasteiger charge is -2.06. The minimum atomic E-state index is 1.11. The largest absolute Gasteiger partial charge is 0.256 e. The van der Waals surface area contributed by atoms with Gasteiger partial charge in [0.05, 0.1) is 13.1 Å². The Morgan fingerprint density at radius 3 is 1.26 bits per heavy atom. The van der Waals surface area contributed by atoms with E-state index in [4.69, 9.17) is 0 Å². The Hall–Kier alpha value is -0.790. The van der Waals surface area contributed by atoms with Crippen molar-refractivity contribution in [3.8, 4) is 0 Å². The number of imidazole rings is 1. The third-order valence-electron chi connectivity index (χ3n) is 7.94. The van der Waals surface area contributed by atoms with Crippen molar-refractivity contribution in [3.63, 3.8) is 0 Å². The van der Waals surface area contributed by atoms with Gasteiger partial charge in [-0.3, -0.25) is 0 Å². The highest BCUT2D eigenvalue weighted by atomic mass is 15.1. The van der Waals surface area contributed by atoms with Crippen LogP contribution in [0.25, 0.3) is 0 Å². The van der Waals surface area contributed by atoms with Crippen molar-refractivity contribution in [2.75, 3.05) is 0 Å². The topological polar surface area (TPSA) is 8.81 Å². The highest BCUT2D eigenvalue weighted by Crippen LogP contribution is 2.14. The Bertz CT molecular complexity index is 547. The first-order valence-corrected chi connectivity index (χ1v) is 16.4. The summed E-state index contributed by atoms with van der Waals surface area (Å²) in [6.45, 7) is 9.23. The van der Waals surface area contributed by atoms with E-state index in [1.807, 2.05) is 0 Å². The molecule has 0 aliphatic rings. The predicted octanol–water partition coefficient (Wildman–Crippen LogP) is 10.7. The van der Waals surface area contributed by atoms with Gasteiger partial charge in [-0.05, 0) is 26.2 Å². The van der Waals surface area contributed by atoms with Gasteiger partial charge in [0.2, 0.25) is 0 Å². The highest BCUT2D eigenvalue weighted by Gasteiger charge is 2.15. The lowest BCUT2D eigenvalue weighted by Crippen LogP contribution is -2.37. The van der Waals surface area contributed by atoms with E-state index in [0.29, 0.717) is 0 Å². The summed E-state index contributed by atoms with van der Waals surface area (Å²) in [6, 6.07) is 0. The van der Waals surface area contributed by atoms with Crippen LogP contribution in [-0.4, -0.2) is 4.57 Å². The molecule has 1 heterocycles. The zero-order chi connectivity index (χ0) is 25.2. The molecule has 0 saturated carbocycles. The van der Waals surface area contributed by atoms with E-state index < -0.39 is 0 Å². The Labute approximate surface area is 221 Å². The molecule has 0 aromatic carbocycles. The molecule has 2 heteroatoms. The fourth-order valence-corrected chi connectivity index (χ4v) is 5.52. The van der Waals surface area contributed by atoms with E-state index in [1.54, 1.807) is 5.82 Å². The van der Waals surface area contributed by atoms with Crippen LogP contribution in [-0.2, 0) is 19.5 Å². The summed E-state index contributed by atoms with van der Waals surface area (Å²) in [5, 5.41) is 0. The van der Waals surface area contributed by atoms with E-state index in [2.05, 4.69) is 42.3 Å². The average molecular weight is 490 g/mol. The third-order valence-corrected chi connectivity index (χ3v) is 7.94. The Morgan fingerprint density at radius 2 is 0.857 bits per heavy atom.